The van der Waals surface area contributed by atoms with Crippen LogP contribution < -0.4 is 15.0 Å². The van der Waals surface area contributed by atoms with Gasteiger partial charge in [0.05, 0.1) is 18.5 Å². The van der Waals surface area contributed by atoms with E-state index in [1.54, 1.807) is 30.5 Å². The fourth-order valence-electron chi connectivity index (χ4n) is 1.81. The van der Waals surface area contributed by atoms with Gasteiger partial charge in [-0.2, -0.15) is 0 Å². The molecule has 0 fully saturated rings. The van der Waals surface area contributed by atoms with Gasteiger partial charge < -0.3 is 20.1 Å². The van der Waals surface area contributed by atoms with Crippen molar-refractivity contribution in [3.05, 3.63) is 48.7 Å². The van der Waals surface area contributed by atoms with Gasteiger partial charge >= 0.3 is 0 Å². The highest BCUT2D eigenvalue weighted by atomic mass is 16.5. The molecule has 1 heterocycles. The number of benzene rings is 1. The van der Waals surface area contributed by atoms with Crippen LogP contribution in [0.1, 0.15) is 0 Å². The number of rotatable bonds is 7. The topological polar surface area (TPSA) is 74.7 Å². The number of carbonyl (C=O) groups is 1. The van der Waals surface area contributed by atoms with Crippen LogP contribution in [0.3, 0.4) is 0 Å². The number of nitrogens with one attached hydrogen (secondary N) is 1. The average molecular weight is 301 g/mol. The molecule has 0 aliphatic carbocycles. The molecule has 2 N–H and O–H groups in total. The maximum Gasteiger partial charge on any atom is 0.262 e. The van der Waals surface area contributed by atoms with Crippen molar-refractivity contribution in [2.75, 3.05) is 37.0 Å². The molecule has 0 radical (unpaired) electrons. The Morgan fingerprint density at radius 3 is 2.68 bits per heavy atom. The maximum absolute atomic E-state index is 11.8. The summed E-state index contributed by atoms with van der Waals surface area (Å²) in [5.74, 6) is 1.13. The van der Waals surface area contributed by atoms with Gasteiger partial charge in [-0.05, 0) is 24.3 Å². The van der Waals surface area contributed by atoms with E-state index in [2.05, 4.69) is 10.3 Å². The summed E-state index contributed by atoms with van der Waals surface area (Å²) in [6.07, 6.45) is 1.57. The number of amides is 1. The Hall–Kier alpha value is -2.60. The van der Waals surface area contributed by atoms with Gasteiger partial charge in [0.15, 0.2) is 6.61 Å². The Kier molecular flexibility index (Phi) is 5.73. The molecule has 0 saturated carbocycles. The fraction of sp³-hybridized carbons (Fsp3) is 0.250. The number of carbonyl (C=O) groups excluding carboxylic acids is 1. The van der Waals surface area contributed by atoms with Crippen molar-refractivity contribution in [1.29, 1.82) is 0 Å². The molecular formula is C16H19N3O3. The quantitative estimate of drug-likeness (QED) is 0.811. The van der Waals surface area contributed by atoms with Crippen molar-refractivity contribution in [3.8, 4) is 5.75 Å². The summed E-state index contributed by atoms with van der Waals surface area (Å²) in [5.41, 5.74) is 0.600. The molecule has 1 amide bonds. The number of aliphatic hydroxyl groups excluding tert-OH is 1. The molecule has 0 atom stereocenters. The zero-order valence-electron chi connectivity index (χ0n) is 12.4. The SMILES string of the molecule is CN(CCO)c1ccc(NC(=O)COc2ccccc2)cn1. The van der Waals surface area contributed by atoms with Crippen LogP contribution in [-0.2, 0) is 4.79 Å². The van der Waals surface area contributed by atoms with E-state index in [1.165, 1.54) is 0 Å². The van der Waals surface area contributed by atoms with Crippen molar-refractivity contribution >= 4 is 17.4 Å². The molecule has 6 heteroatoms. The molecule has 6 nitrogen and oxygen atoms in total. The van der Waals surface area contributed by atoms with E-state index in [0.29, 0.717) is 18.0 Å². The van der Waals surface area contributed by atoms with E-state index >= 15 is 0 Å². The summed E-state index contributed by atoms with van der Waals surface area (Å²) < 4.78 is 5.37. The summed E-state index contributed by atoms with van der Waals surface area (Å²) >= 11 is 0. The summed E-state index contributed by atoms with van der Waals surface area (Å²) in [7, 11) is 1.84. The number of likely N-dealkylation sites (N-methyl/N-ethyl adjacent to an activating group) is 1. The largest absolute Gasteiger partial charge is 0.484 e. The predicted molar refractivity (Wildman–Crippen MR) is 85.2 cm³/mol. The smallest absolute Gasteiger partial charge is 0.262 e. The number of hydrogen-bond donors (Lipinski definition) is 2. The second kappa shape index (κ2) is 7.99. The molecular weight excluding hydrogens is 282 g/mol. The molecule has 1 aromatic carbocycles. The molecule has 2 aromatic rings. The number of ether oxygens (including phenoxy) is 1. The highest BCUT2D eigenvalue weighted by Gasteiger charge is 2.05. The number of aliphatic hydroxyl groups is 1. The highest BCUT2D eigenvalue weighted by Crippen LogP contribution is 2.13. The third-order valence-corrected chi connectivity index (χ3v) is 2.97. The molecule has 0 bridgehead atoms. The molecule has 0 aliphatic rings. The van der Waals surface area contributed by atoms with Crippen LogP contribution in [0.5, 0.6) is 5.75 Å². The van der Waals surface area contributed by atoms with Gasteiger partial charge in [-0.1, -0.05) is 18.2 Å². The first-order chi connectivity index (χ1) is 10.7. The van der Waals surface area contributed by atoms with Gasteiger partial charge in [-0.3, -0.25) is 4.79 Å². The van der Waals surface area contributed by atoms with Crippen LogP contribution in [0.2, 0.25) is 0 Å². The number of pyridine rings is 1. The number of hydrogen-bond acceptors (Lipinski definition) is 5. The monoisotopic (exact) mass is 301 g/mol. The van der Waals surface area contributed by atoms with Crippen LogP contribution in [-0.4, -0.2) is 42.8 Å². The Morgan fingerprint density at radius 2 is 2.05 bits per heavy atom. The van der Waals surface area contributed by atoms with Gasteiger partial charge in [0.1, 0.15) is 11.6 Å². The molecule has 22 heavy (non-hydrogen) atoms. The summed E-state index contributed by atoms with van der Waals surface area (Å²) in [5, 5.41) is 11.6. The van der Waals surface area contributed by atoms with E-state index in [9.17, 15) is 4.79 Å². The van der Waals surface area contributed by atoms with Gasteiger partial charge in [-0.15, -0.1) is 0 Å². The lowest BCUT2D eigenvalue weighted by Gasteiger charge is -2.16. The van der Waals surface area contributed by atoms with Crippen molar-refractivity contribution in [2.24, 2.45) is 0 Å². The van der Waals surface area contributed by atoms with Crippen LogP contribution in [0.15, 0.2) is 48.7 Å². The molecule has 2 rings (SSSR count). The van der Waals surface area contributed by atoms with E-state index < -0.39 is 0 Å². The molecule has 0 spiro atoms. The number of anilines is 2. The zero-order valence-corrected chi connectivity index (χ0v) is 12.4. The van der Waals surface area contributed by atoms with E-state index in [1.807, 2.05) is 30.1 Å². The summed E-state index contributed by atoms with van der Waals surface area (Å²) in [4.78, 5) is 17.9. The van der Waals surface area contributed by atoms with Crippen LogP contribution in [0, 0.1) is 0 Å². The minimum Gasteiger partial charge on any atom is -0.484 e. The summed E-state index contributed by atoms with van der Waals surface area (Å²) in [6, 6.07) is 12.7. The molecule has 0 aliphatic heterocycles. The number of nitrogens with zero attached hydrogens (tertiary/aromatic N) is 2. The van der Waals surface area contributed by atoms with Crippen molar-refractivity contribution in [3.63, 3.8) is 0 Å². The normalized spacial score (nSPS) is 10.1. The lowest BCUT2D eigenvalue weighted by atomic mass is 10.3. The Bertz CT molecular complexity index is 587. The Morgan fingerprint density at radius 1 is 1.27 bits per heavy atom. The molecule has 0 saturated heterocycles. The average Bonchev–Trinajstić information content (AvgIpc) is 2.55. The van der Waals surface area contributed by atoms with Crippen molar-refractivity contribution in [1.82, 2.24) is 4.98 Å². The lowest BCUT2D eigenvalue weighted by molar-refractivity contribution is -0.118. The second-order valence-corrected chi connectivity index (χ2v) is 4.70. The van der Waals surface area contributed by atoms with Crippen LogP contribution in [0.4, 0.5) is 11.5 Å². The van der Waals surface area contributed by atoms with Crippen LogP contribution >= 0.6 is 0 Å². The summed E-state index contributed by atoms with van der Waals surface area (Å²) in [6.45, 7) is 0.507. The molecule has 1 aromatic heterocycles. The van der Waals surface area contributed by atoms with Crippen LogP contribution in [0.25, 0.3) is 0 Å². The standard InChI is InChI=1S/C16H19N3O3/c1-19(9-10-20)15-8-7-13(11-17-15)18-16(21)12-22-14-5-3-2-4-6-14/h2-8,11,20H,9-10,12H2,1H3,(H,18,21). The van der Waals surface area contributed by atoms with Gasteiger partial charge in [-0.25, -0.2) is 4.98 Å². The first-order valence-corrected chi connectivity index (χ1v) is 6.95. The zero-order chi connectivity index (χ0) is 15.8. The van der Waals surface area contributed by atoms with Gasteiger partial charge in [0, 0.05) is 13.6 Å². The van der Waals surface area contributed by atoms with Gasteiger partial charge in [0.2, 0.25) is 0 Å². The minimum atomic E-state index is -0.248. The lowest BCUT2D eigenvalue weighted by Crippen LogP contribution is -2.23. The third kappa shape index (κ3) is 4.75. The molecule has 116 valence electrons. The van der Waals surface area contributed by atoms with Crippen molar-refractivity contribution < 1.29 is 14.6 Å². The molecule has 0 unspecified atom stereocenters. The predicted octanol–water partition coefficient (Wildman–Crippen LogP) is 1.53. The first-order valence-electron chi connectivity index (χ1n) is 6.95. The number of para-hydroxylation sites is 1. The maximum atomic E-state index is 11.8. The highest BCUT2D eigenvalue weighted by molar-refractivity contribution is 5.91. The van der Waals surface area contributed by atoms with E-state index in [4.69, 9.17) is 9.84 Å². The third-order valence-electron chi connectivity index (χ3n) is 2.97. The first kappa shape index (κ1) is 15.8. The number of aromatic nitrogens is 1. The minimum absolute atomic E-state index is 0.0593. The van der Waals surface area contributed by atoms with E-state index in [0.717, 1.165) is 5.82 Å². The Balaban J connectivity index is 1.84. The fourth-order valence-corrected chi connectivity index (χ4v) is 1.81. The Labute approximate surface area is 129 Å². The van der Waals surface area contributed by atoms with E-state index in [-0.39, 0.29) is 19.1 Å². The van der Waals surface area contributed by atoms with Gasteiger partial charge in [0.25, 0.3) is 5.91 Å². The van der Waals surface area contributed by atoms with Crippen molar-refractivity contribution in [2.45, 2.75) is 0 Å². The second-order valence-electron chi connectivity index (χ2n) is 4.70.